The van der Waals surface area contributed by atoms with Gasteiger partial charge in [-0.2, -0.15) is 0 Å². The predicted octanol–water partition coefficient (Wildman–Crippen LogP) is 7.31. The average Bonchev–Trinajstić information content (AvgIpc) is 3.17. The molecule has 0 aromatic heterocycles. The van der Waals surface area contributed by atoms with E-state index in [0.29, 0.717) is 33.5 Å². The van der Waals surface area contributed by atoms with Crippen LogP contribution in [0.5, 0.6) is 0 Å². The van der Waals surface area contributed by atoms with Crippen molar-refractivity contribution in [3.05, 3.63) is 35.9 Å². The zero-order chi connectivity index (χ0) is 27.2. The highest BCUT2D eigenvalue weighted by Crippen LogP contribution is 2.42. The van der Waals surface area contributed by atoms with Crippen LogP contribution in [0.25, 0.3) is 0 Å². The molecule has 1 fully saturated rings. The number of amides is 1. The van der Waals surface area contributed by atoms with Crippen LogP contribution in [0, 0.1) is 17.8 Å². The lowest BCUT2D eigenvalue weighted by molar-refractivity contribution is -0.136. The van der Waals surface area contributed by atoms with Crippen LogP contribution in [0.2, 0.25) is 16.6 Å². The fourth-order valence-electron chi connectivity index (χ4n) is 6.25. The Kier molecular flexibility index (Phi) is 12.1. The number of thioether (sulfide) groups is 1. The third-order valence-electron chi connectivity index (χ3n) is 8.10. The van der Waals surface area contributed by atoms with E-state index in [1.54, 1.807) is 16.7 Å². The molecule has 7 heteroatoms. The summed E-state index contributed by atoms with van der Waals surface area (Å²) in [6.45, 7) is 20.7. The van der Waals surface area contributed by atoms with Crippen LogP contribution in [-0.2, 0) is 15.6 Å². The van der Waals surface area contributed by atoms with Gasteiger partial charge in [0.25, 0.3) is 0 Å². The van der Waals surface area contributed by atoms with Crippen LogP contribution >= 0.6 is 24.0 Å². The van der Waals surface area contributed by atoms with Gasteiger partial charge in [-0.25, -0.2) is 0 Å². The van der Waals surface area contributed by atoms with Gasteiger partial charge in [-0.1, -0.05) is 117 Å². The first kappa shape index (κ1) is 31.5. The second-order valence-electron chi connectivity index (χ2n) is 11.9. The summed E-state index contributed by atoms with van der Waals surface area (Å²) >= 11 is 7.12. The molecule has 0 radical (unpaired) electrons. The zero-order valence-corrected chi connectivity index (χ0v) is 26.5. The van der Waals surface area contributed by atoms with Crippen molar-refractivity contribution < 1.29 is 14.3 Å². The Balaban J connectivity index is 2.00. The lowest BCUT2D eigenvalue weighted by Crippen LogP contribution is -2.48. The van der Waals surface area contributed by atoms with Crippen molar-refractivity contribution in [1.82, 2.24) is 4.90 Å². The van der Waals surface area contributed by atoms with Gasteiger partial charge >= 0.3 is 0 Å². The van der Waals surface area contributed by atoms with Crippen molar-refractivity contribution in [2.24, 2.45) is 17.8 Å². The molecule has 1 N–H and O–H groups in total. The lowest BCUT2D eigenvalue weighted by atomic mass is 9.86. The van der Waals surface area contributed by atoms with E-state index in [1.807, 2.05) is 25.1 Å². The minimum absolute atomic E-state index is 0.00725. The third-order valence-corrected chi connectivity index (χ3v) is 15.7. The number of hydrogen-bond donors (Lipinski definition) is 1. The first-order valence-corrected chi connectivity index (χ1v) is 17.2. The Morgan fingerprint density at radius 3 is 2.14 bits per heavy atom. The van der Waals surface area contributed by atoms with Crippen molar-refractivity contribution >= 4 is 42.5 Å². The number of rotatable bonds is 13. The van der Waals surface area contributed by atoms with Gasteiger partial charge in [0.2, 0.25) is 5.91 Å². The number of nitrogens with zero attached hydrogens (tertiary/aromatic N) is 1. The van der Waals surface area contributed by atoms with Gasteiger partial charge in [0.05, 0.1) is 18.1 Å². The zero-order valence-electron chi connectivity index (χ0n) is 23.9. The van der Waals surface area contributed by atoms with E-state index in [9.17, 15) is 9.90 Å². The van der Waals surface area contributed by atoms with Crippen LogP contribution in [0.4, 0.5) is 0 Å². The highest BCUT2D eigenvalue weighted by molar-refractivity contribution is 8.23. The molecule has 1 saturated heterocycles. The predicted molar refractivity (Wildman–Crippen MR) is 161 cm³/mol. The summed E-state index contributed by atoms with van der Waals surface area (Å²) in [5, 5.41) is 11.2. The van der Waals surface area contributed by atoms with Gasteiger partial charge in [-0.3, -0.25) is 9.69 Å². The van der Waals surface area contributed by atoms with Gasteiger partial charge in [-0.05, 0) is 46.9 Å². The molecule has 4 nitrogen and oxygen atoms in total. The van der Waals surface area contributed by atoms with Crippen molar-refractivity contribution in [1.29, 1.82) is 0 Å². The largest absolute Gasteiger partial charge is 0.416 e. The van der Waals surface area contributed by atoms with Crippen LogP contribution in [0.3, 0.4) is 0 Å². The topological polar surface area (TPSA) is 49.8 Å². The Hall–Kier alpha value is -0.733. The normalized spacial score (nSPS) is 20.3. The molecular formula is C29H49NO3S2Si. The summed E-state index contributed by atoms with van der Waals surface area (Å²) < 4.78 is 7.42. The van der Waals surface area contributed by atoms with E-state index >= 15 is 0 Å². The third kappa shape index (κ3) is 7.43. The maximum Gasteiger partial charge on any atom is 0.233 e. The average molecular weight is 552 g/mol. The first-order chi connectivity index (χ1) is 16.8. The molecule has 0 aliphatic carbocycles. The molecule has 5 atom stereocenters. The minimum Gasteiger partial charge on any atom is -0.416 e. The highest BCUT2D eigenvalue weighted by atomic mass is 32.2. The number of aliphatic hydroxyl groups is 1. The standard InChI is InChI=1S/C29H49NO3S2Si/c1-19(2)36(20(3)4,21(5)6)33-17-22(7)15-23(8)27(31)24(9)28(32)30-26(18-35-29(30)34)16-25-13-11-10-12-14-25/h10-14,19-24,26-27,31H,15-18H2,1-9H3/t22-,23+,24-,26-,27+/m1/s1. The quantitative estimate of drug-likeness (QED) is 0.206. The molecule has 0 saturated carbocycles. The summed E-state index contributed by atoms with van der Waals surface area (Å²) in [6.07, 6.45) is 0.886. The summed E-state index contributed by atoms with van der Waals surface area (Å²) in [5.74, 6) is 0.555. The number of aliphatic hydroxyl groups excluding tert-OH is 1. The highest BCUT2D eigenvalue weighted by Gasteiger charge is 2.45. The van der Waals surface area contributed by atoms with Crippen molar-refractivity contribution in [2.45, 2.75) is 104 Å². The van der Waals surface area contributed by atoms with Gasteiger partial charge in [0, 0.05) is 12.4 Å². The molecule has 204 valence electrons. The van der Waals surface area contributed by atoms with Crippen LogP contribution in [0.15, 0.2) is 30.3 Å². The van der Waals surface area contributed by atoms with Gasteiger partial charge < -0.3 is 9.53 Å². The SMILES string of the molecule is CC(C)[Si](OC[C@H](C)C[C@H](C)[C@H](O)[C@@H](C)C(=O)N1C(=S)SC[C@H]1Cc1ccccc1)(C(C)C)C(C)C. The van der Waals surface area contributed by atoms with Crippen molar-refractivity contribution in [2.75, 3.05) is 12.4 Å². The lowest BCUT2D eigenvalue weighted by Gasteiger charge is -2.43. The summed E-state index contributed by atoms with van der Waals surface area (Å²) in [6, 6.07) is 10.3. The second-order valence-corrected chi connectivity index (χ2v) is 19.0. The number of carbonyl (C=O) groups excluding carboxylic acids is 1. The second kappa shape index (κ2) is 13.9. The summed E-state index contributed by atoms with van der Waals surface area (Å²) in [4.78, 5) is 15.3. The molecule has 0 spiro atoms. The number of thiocarbonyl (C=S) groups is 1. The summed E-state index contributed by atoms with van der Waals surface area (Å²) in [7, 11) is -1.91. The molecule has 1 aliphatic heterocycles. The Bertz CT molecular complexity index is 826. The summed E-state index contributed by atoms with van der Waals surface area (Å²) in [5.41, 5.74) is 2.86. The minimum atomic E-state index is -1.91. The van der Waals surface area contributed by atoms with Crippen LogP contribution in [0.1, 0.15) is 74.3 Å². The molecule has 1 heterocycles. The number of hydrogen-bond acceptors (Lipinski definition) is 5. The smallest absolute Gasteiger partial charge is 0.233 e. The first-order valence-electron chi connectivity index (χ1n) is 13.7. The van der Waals surface area contributed by atoms with Gasteiger partial charge in [0.1, 0.15) is 4.32 Å². The molecule has 1 aromatic rings. The molecule has 1 aromatic carbocycles. The Morgan fingerprint density at radius 2 is 1.61 bits per heavy atom. The molecule has 1 aliphatic rings. The Labute approximate surface area is 231 Å². The van der Waals surface area contributed by atoms with E-state index in [2.05, 4.69) is 67.5 Å². The maximum atomic E-state index is 13.5. The van der Waals surface area contributed by atoms with Crippen LogP contribution in [-0.4, -0.2) is 53.1 Å². The van der Waals surface area contributed by atoms with E-state index in [0.717, 1.165) is 18.6 Å². The molecule has 36 heavy (non-hydrogen) atoms. The molecule has 0 unspecified atom stereocenters. The number of carbonyl (C=O) groups is 1. The van der Waals surface area contributed by atoms with Gasteiger partial charge in [-0.15, -0.1) is 0 Å². The van der Waals surface area contributed by atoms with E-state index in [1.165, 1.54) is 5.56 Å². The Morgan fingerprint density at radius 1 is 1.06 bits per heavy atom. The fraction of sp³-hybridized carbons (Fsp3) is 0.724. The molecule has 0 bridgehead atoms. The molecule has 1 amide bonds. The fourth-order valence-corrected chi connectivity index (χ4v) is 13.3. The molecular weight excluding hydrogens is 503 g/mol. The van der Waals surface area contributed by atoms with E-state index in [-0.39, 0.29) is 17.9 Å². The number of benzene rings is 1. The monoisotopic (exact) mass is 551 g/mol. The van der Waals surface area contributed by atoms with E-state index in [4.69, 9.17) is 16.6 Å². The van der Waals surface area contributed by atoms with Crippen molar-refractivity contribution in [3.63, 3.8) is 0 Å². The van der Waals surface area contributed by atoms with E-state index < -0.39 is 20.3 Å². The van der Waals surface area contributed by atoms with Crippen LogP contribution < -0.4 is 0 Å². The van der Waals surface area contributed by atoms with Gasteiger partial charge in [0.15, 0.2) is 8.32 Å². The van der Waals surface area contributed by atoms with Crippen molar-refractivity contribution in [3.8, 4) is 0 Å². The maximum absolute atomic E-state index is 13.5. The molecule has 2 rings (SSSR count).